The second kappa shape index (κ2) is 54.6. The summed E-state index contributed by atoms with van der Waals surface area (Å²) in [4.78, 5) is 25.1. The van der Waals surface area contributed by atoms with Crippen LogP contribution in [0.15, 0.2) is 48.6 Å². The van der Waals surface area contributed by atoms with Crippen LogP contribution in [0.5, 0.6) is 0 Å². The average Bonchev–Trinajstić information content (AvgIpc) is 3.42. The van der Waals surface area contributed by atoms with E-state index in [-0.39, 0.29) is 18.5 Å². The van der Waals surface area contributed by atoms with Gasteiger partial charge in [-0.25, -0.2) is 0 Å². The molecule has 0 radical (unpaired) electrons. The number of hydrogen-bond donors (Lipinski definition) is 6. The van der Waals surface area contributed by atoms with Gasteiger partial charge in [0.1, 0.15) is 24.4 Å². The molecule has 0 aromatic heterocycles. The molecule has 0 aromatic rings. The van der Waals surface area contributed by atoms with Gasteiger partial charge in [0, 0.05) is 12.8 Å². The molecule has 0 bridgehead atoms. The molecule has 0 aliphatic carbocycles. The first-order valence-electron chi connectivity index (χ1n) is 31.9. The van der Waals surface area contributed by atoms with Crippen molar-refractivity contribution in [3.05, 3.63) is 48.6 Å². The third-order valence-corrected chi connectivity index (χ3v) is 14.9. The largest absolute Gasteiger partial charge is 0.466 e. The number of allylic oxidation sites excluding steroid dienone is 7. The van der Waals surface area contributed by atoms with Gasteiger partial charge in [0.2, 0.25) is 5.91 Å². The molecule has 11 heteroatoms. The number of carbonyl (C=O) groups is 2. The monoisotopic (exact) mass is 1070 g/mol. The molecule has 0 aromatic carbocycles. The minimum Gasteiger partial charge on any atom is -0.466 e. The summed E-state index contributed by atoms with van der Waals surface area (Å²) in [5, 5.41) is 54.2. The van der Waals surface area contributed by atoms with Crippen molar-refractivity contribution in [2.24, 2.45) is 0 Å². The summed E-state index contributed by atoms with van der Waals surface area (Å²) in [6, 6.07) is -0.814. The second-order valence-electron chi connectivity index (χ2n) is 22.1. The second-order valence-corrected chi connectivity index (χ2v) is 22.1. The van der Waals surface area contributed by atoms with E-state index in [9.17, 15) is 35.1 Å². The normalized spacial score (nSPS) is 19.0. The van der Waals surface area contributed by atoms with E-state index < -0.39 is 49.5 Å². The quantitative estimate of drug-likeness (QED) is 0.0195. The average molecular weight is 1070 g/mol. The zero-order valence-corrected chi connectivity index (χ0v) is 49.0. The Balaban J connectivity index is 1.98. The van der Waals surface area contributed by atoms with Crippen LogP contribution in [0.4, 0.5) is 0 Å². The molecule has 1 amide bonds. The van der Waals surface area contributed by atoms with Crippen molar-refractivity contribution in [2.45, 2.75) is 333 Å². The highest BCUT2D eigenvalue weighted by Gasteiger charge is 2.44. The Bertz CT molecular complexity index is 1400. The molecule has 1 aliphatic rings. The lowest BCUT2D eigenvalue weighted by Crippen LogP contribution is -2.60. The van der Waals surface area contributed by atoms with Crippen LogP contribution in [-0.2, 0) is 23.8 Å². The number of aliphatic hydroxyl groups is 5. The van der Waals surface area contributed by atoms with Crippen LogP contribution < -0.4 is 5.32 Å². The smallest absolute Gasteiger partial charge is 0.305 e. The van der Waals surface area contributed by atoms with Crippen molar-refractivity contribution in [1.29, 1.82) is 0 Å². The maximum Gasteiger partial charge on any atom is 0.305 e. The van der Waals surface area contributed by atoms with Gasteiger partial charge in [-0.3, -0.25) is 9.59 Å². The predicted octanol–water partition coefficient (Wildman–Crippen LogP) is 15.2. The van der Waals surface area contributed by atoms with Crippen LogP contribution >= 0.6 is 0 Å². The number of esters is 1. The van der Waals surface area contributed by atoms with E-state index in [0.29, 0.717) is 19.4 Å². The van der Waals surface area contributed by atoms with Crippen LogP contribution in [0, 0.1) is 0 Å². The fraction of sp³-hybridized carbons (Fsp3) is 0.846. The van der Waals surface area contributed by atoms with E-state index in [0.717, 1.165) is 89.9 Å². The number of aliphatic hydroxyl groups excluding tert-OH is 5. The Hall–Kier alpha value is -2.38. The molecule has 0 spiro atoms. The summed E-state index contributed by atoms with van der Waals surface area (Å²) < 4.78 is 16.7. The number of carbonyl (C=O) groups excluding carboxylic acids is 2. The molecule has 6 N–H and O–H groups in total. The third-order valence-electron chi connectivity index (χ3n) is 14.9. The number of hydrogen-bond acceptors (Lipinski definition) is 10. The predicted molar refractivity (Wildman–Crippen MR) is 315 cm³/mol. The van der Waals surface area contributed by atoms with Crippen LogP contribution in [0.1, 0.15) is 290 Å². The zero-order valence-electron chi connectivity index (χ0n) is 49.0. The highest BCUT2D eigenvalue weighted by molar-refractivity contribution is 5.76. The first-order chi connectivity index (χ1) is 37.2. The molecule has 1 rings (SSSR count). The van der Waals surface area contributed by atoms with E-state index in [1.165, 1.54) is 173 Å². The minimum atomic E-state index is -1.57. The van der Waals surface area contributed by atoms with E-state index >= 15 is 0 Å². The van der Waals surface area contributed by atoms with Gasteiger partial charge in [0.25, 0.3) is 0 Å². The molecule has 1 aliphatic heterocycles. The minimum absolute atomic E-state index is 0.0142. The molecule has 76 heavy (non-hydrogen) atoms. The summed E-state index contributed by atoms with van der Waals surface area (Å²) in [7, 11) is 0. The molecule has 7 unspecified atom stereocenters. The highest BCUT2D eigenvalue weighted by atomic mass is 16.7. The van der Waals surface area contributed by atoms with Gasteiger partial charge in [0.05, 0.1) is 32.0 Å². The standard InChI is InChI=1S/C65H119NO10/c1-3-5-7-9-11-13-14-15-16-27-30-33-37-41-45-49-53-61(70)74-54-50-46-42-38-34-31-28-25-23-21-19-17-18-20-22-24-26-29-32-36-40-44-48-52-60(69)66-57(58(68)51-47-43-39-35-12-10-8-6-4-2)56-75-65-64(73)63(72)62(71)59(55-67)76-65/h13-14,16,20,22,27,47,51,57-59,62-65,67-68,71-73H,3-12,15,17-19,21,23-26,28-46,48-50,52-56H2,1-2H3,(H,66,69)/b14-13-,22-20-,27-16-,51-47+. The fourth-order valence-electron chi connectivity index (χ4n) is 9.81. The van der Waals surface area contributed by atoms with Gasteiger partial charge in [-0.2, -0.15) is 0 Å². The lowest BCUT2D eigenvalue weighted by Gasteiger charge is -2.40. The number of nitrogens with one attached hydrogen (secondary N) is 1. The number of amides is 1. The molecule has 1 heterocycles. The van der Waals surface area contributed by atoms with Crippen molar-refractivity contribution in [2.75, 3.05) is 19.8 Å². The molecule has 1 saturated heterocycles. The molecule has 7 atom stereocenters. The summed E-state index contributed by atoms with van der Waals surface area (Å²) in [5.41, 5.74) is 0. The Morgan fingerprint density at radius 2 is 0.882 bits per heavy atom. The van der Waals surface area contributed by atoms with E-state index in [1.807, 2.05) is 6.08 Å². The third kappa shape index (κ3) is 43.5. The zero-order chi connectivity index (χ0) is 55.2. The van der Waals surface area contributed by atoms with Gasteiger partial charge >= 0.3 is 5.97 Å². The topological polar surface area (TPSA) is 175 Å². The van der Waals surface area contributed by atoms with Crippen LogP contribution in [0.2, 0.25) is 0 Å². The van der Waals surface area contributed by atoms with E-state index in [4.69, 9.17) is 14.2 Å². The van der Waals surface area contributed by atoms with Crippen molar-refractivity contribution in [3.63, 3.8) is 0 Å². The van der Waals surface area contributed by atoms with Crippen molar-refractivity contribution < 1.29 is 49.3 Å². The van der Waals surface area contributed by atoms with Gasteiger partial charge in [-0.05, 0) is 89.9 Å². The van der Waals surface area contributed by atoms with E-state index in [1.54, 1.807) is 6.08 Å². The number of unbranched alkanes of at least 4 members (excludes halogenated alkanes) is 35. The molecule has 0 saturated carbocycles. The molecule has 11 nitrogen and oxygen atoms in total. The maximum absolute atomic E-state index is 13.0. The van der Waals surface area contributed by atoms with Gasteiger partial charge in [-0.15, -0.1) is 0 Å². The summed E-state index contributed by atoms with van der Waals surface area (Å²) in [6.07, 6.45) is 59.4. The first-order valence-corrected chi connectivity index (χ1v) is 31.9. The van der Waals surface area contributed by atoms with Crippen molar-refractivity contribution in [3.8, 4) is 0 Å². The Morgan fingerprint density at radius 1 is 0.487 bits per heavy atom. The lowest BCUT2D eigenvalue weighted by atomic mass is 9.99. The molecular formula is C65H119NO10. The first kappa shape index (κ1) is 71.6. The fourth-order valence-corrected chi connectivity index (χ4v) is 9.81. The summed E-state index contributed by atoms with van der Waals surface area (Å²) in [5.74, 6) is -0.205. The van der Waals surface area contributed by atoms with E-state index in [2.05, 4.69) is 55.6 Å². The number of ether oxygens (including phenoxy) is 3. The Morgan fingerprint density at radius 3 is 1.36 bits per heavy atom. The SMILES string of the molecule is CCCCCC/C=C\C/C=C\CCCCCCCC(=O)OCCCCCCCCCCCCCC/C=C\CCCCCCCCCC(=O)NC(COC1OC(CO)C(O)C(O)C1O)C(O)/C=C/CCCCCCCCC. The highest BCUT2D eigenvalue weighted by Crippen LogP contribution is 2.23. The summed E-state index contributed by atoms with van der Waals surface area (Å²) >= 11 is 0. The lowest BCUT2D eigenvalue weighted by molar-refractivity contribution is -0.302. The van der Waals surface area contributed by atoms with Gasteiger partial charge in [-0.1, -0.05) is 236 Å². The van der Waals surface area contributed by atoms with Gasteiger partial charge < -0.3 is 45.1 Å². The Labute approximate surface area is 466 Å². The molecule has 444 valence electrons. The van der Waals surface area contributed by atoms with Gasteiger partial charge in [0.15, 0.2) is 6.29 Å². The van der Waals surface area contributed by atoms with Crippen molar-refractivity contribution >= 4 is 11.9 Å². The number of rotatable bonds is 55. The van der Waals surface area contributed by atoms with Crippen molar-refractivity contribution in [1.82, 2.24) is 5.32 Å². The van der Waals surface area contributed by atoms with Crippen LogP contribution in [-0.4, -0.2) is 100 Å². The Kier molecular flexibility index (Phi) is 51.4. The summed E-state index contributed by atoms with van der Waals surface area (Å²) in [6.45, 7) is 4.29. The molecular weight excluding hydrogens is 955 g/mol. The molecule has 1 fully saturated rings. The van der Waals surface area contributed by atoms with Crippen LogP contribution in [0.3, 0.4) is 0 Å². The van der Waals surface area contributed by atoms with Crippen LogP contribution in [0.25, 0.3) is 0 Å². The maximum atomic E-state index is 13.0.